The van der Waals surface area contributed by atoms with Crippen LogP contribution in [-0.4, -0.2) is 29.1 Å². The number of hydrogen-bond donors (Lipinski definition) is 0. The van der Waals surface area contributed by atoms with Gasteiger partial charge in [-0.05, 0) is 113 Å². The molecule has 0 aliphatic rings. The van der Waals surface area contributed by atoms with E-state index in [1.807, 2.05) is 73.6 Å². The summed E-state index contributed by atoms with van der Waals surface area (Å²) in [5.41, 5.74) is 13.0. The van der Waals surface area contributed by atoms with Crippen molar-refractivity contribution in [3.8, 4) is 33.6 Å². The quantitative estimate of drug-likeness (QED) is 0.214. The zero-order valence-corrected chi connectivity index (χ0v) is 23.5. The van der Waals surface area contributed by atoms with Crippen molar-refractivity contribution in [1.82, 2.24) is 29.1 Å². The van der Waals surface area contributed by atoms with Crippen LogP contribution in [0.4, 0.5) is 0 Å². The first-order valence-electron chi connectivity index (χ1n) is 14.5. The van der Waals surface area contributed by atoms with E-state index in [-0.39, 0.29) is 0 Å². The fraction of sp³-hybridized carbons (Fsp3) is 0. The summed E-state index contributed by atoms with van der Waals surface area (Å²) in [5, 5.41) is 2.23. The van der Waals surface area contributed by atoms with Crippen LogP contribution < -0.4 is 0 Å². The van der Waals surface area contributed by atoms with Crippen LogP contribution in [0.1, 0.15) is 0 Å². The van der Waals surface area contributed by atoms with Gasteiger partial charge < -0.3 is 9.13 Å². The number of nitrogens with zero attached hydrogens (tertiary/aromatic N) is 6. The molecule has 0 radical (unpaired) electrons. The minimum atomic E-state index is 0.980. The van der Waals surface area contributed by atoms with Crippen molar-refractivity contribution in [2.75, 3.05) is 0 Å². The van der Waals surface area contributed by atoms with Gasteiger partial charge in [-0.1, -0.05) is 18.2 Å². The Morgan fingerprint density at radius 2 is 0.841 bits per heavy atom. The van der Waals surface area contributed by atoms with Crippen molar-refractivity contribution in [2.24, 2.45) is 0 Å². The molecule has 206 valence electrons. The van der Waals surface area contributed by atoms with Crippen LogP contribution in [0.5, 0.6) is 0 Å². The molecule has 6 aromatic heterocycles. The summed E-state index contributed by atoms with van der Waals surface area (Å²) >= 11 is 0. The Bertz CT molecular complexity index is 2320. The molecule has 0 N–H and O–H groups in total. The highest BCUT2D eigenvalue weighted by Gasteiger charge is 2.17. The van der Waals surface area contributed by atoms with Gasteiger partial charge in [0, 0.05) is 59.3 Å². The van der Waals surface area contributed by atoms with Crippen molar-refractivity contribution in [1.29, 1.82) is 0 Å². The number of pyridine rings is 4. The zero-order chi connectivity index (χ0) is 29.0. The van der Waals surface area contributed by atoms with Gasteiger partial charge in [0.15, 0.2) is 0 Å². The van der Waals surface area contributed by atoms with E-state index in [0.29, 0.717) is 0 Å². The molecule has 0 bridgehead atoms. The van der Waals surface area contributed by atoms with Crippen molar-refractivity contribution in [3.05, 3.63) is 146 Å². The molecule has 44 heavy (non-hydrogen) atoms. The Balaban J connectivity index is 1.25. The Hall–Kier alpha value is -6.14. The second kappa shape index (κ2) is 9.71. The zero-order valence-electron chi connectivity index (χ0n) is 23.5. The fourth-order valence-corrected chi connectivity index (χ4v) is 6.45. The Labute approximate surface area is 252 Å². The van der Waals surface area contributed by atoms with E-state index in [0.717, 1.165) is 77.5 Å². The van der Waals surface area contributed by atoms with Crippen LogP contribution in [-0.2, 0) is 0 Å². The van der Waals surface area contributed by atoms with E-state index in [1.54, 1.807) is 0 Å². The predicted octanol–water partition coefficient (Wildman–Crippen LogP) is 8.79. The third-order valence-electron chi connectivity index (χ3n) is 8.41. The highest BCUT2D eigenvalue weighted by atomic mass is 15.0. The molecule has 0 aliphatic carbocycles. The van der Waals surface area contributed by atoms with Crippen LogP contribution in [0.2, 0.25) is 0 Å². The first-order valence-corrected chi connectivity index (χ1v) is 14.5. The van der Waals surface area contributed by atoms with Gasteiger partial charge in [0.1, 0.15) is 0 Å². The first-order chi connectivity index (χ1) is 21.8. The Kier molecular flexibility index (Phi) is 5.40. The van der Waals surface area contributed by atoms with E-state index in [4.69, 9.17) is 9.97 Å². The molecule has 0 atom stereocenters. The Morgan fingerprint density at radius 1 is 0.364 bits per heavy atom. The van der Waals surface area contributed by atoms with E-state index in [2.05, 4.69) is 91.9 Å². The molecule has 0 saturated carbocycles. The fourth-order valence-electron chi connectivity index (χ4n) is 6.45. The maximum absolute atomic E-state index is 4.83. The van der Waals surface area contributed by atoms with Gasteiger partial charge in [-0.15, -0.1) is 0 Å². The van der Waals surface area contributed by atoms with Gasteiger partial charge in [-0.2, -0.15) is 0 Å². The van der Waals surface area contributed by atoms with Crippen molar-refractivity contribution in [2.45, 2.75) is 0 Å². The largest absolute Gasteiger partial charge is 0.308 e. The lowest BCUT2D eigenvalue weighted by Gasteiger charge is -2.13. The molecule has 0 amide bonds. The highest BCUT2D eigenvalue weighted by molar-refractivity contribution is 6.09. The van der Waals surface area contributed by atoms with Crippen LogP contribution >= 0.6 is 0 Å². The molecule has 9 aromatic rings. The summed E-state index contributed by atoms with van der Waals surface area (Å²) in [7, 11) is 0. The molecule has 0 spiro atoms. The second-order valence-electron chi connectivity index (χ2n) is 10.9. The van der Waals surface area contributed by atoms with Crippen molar-refractivity contribution < 1.29 is 0 Å². The molecular formula is C38H24N6. The van der Waals surface area contributed by atoms with Crippen LogP contribution in [0.15, 0.2) is 146 Å². The molecule has 0 fully saturated rings. The van der Waals surface area contributed by atoms with Gasteiger partial charge in [0.2, 0.25) is 0 Å². The van der Waals surface area contributed by atoms with Crippen LogP contribution in [0, 0.1) is 0 Å². The summed E-state index contributed by atoms with van der Waals surface area (Å²) in [6.07, 6.45) is 11.1. The van der Waals surface area contributed by atoms with E-state index < -0.39 is 0 Å². The lowest BCUT2D eigenvalue weighted by molar-refractivity contribution is 1.13. The third kappa shape index (κ3) is 3.75. The summed E-state index contributed by atoms with van der Waals surface area (Å²) in [5.74, 6) is 0. The minimum absolute atomic E-state index is 0.980. The van der Waals surface area contributed by atoms with Gasteiger partial charge in [-0.25, -0.2) is 0 Å². The molecule has 0 aliphatic heterocycles. The maximum atomic E-state index is 4.83. The number of rotatable bonds is 4. The summed E-state index contributed by atoms with van der Waals surface area (Å²) in [6.45, 7) is 0. The SMILES string of the molecule is c1cc(-n2c3ccc(-c4ccncc4)cc3c3ncccc32)cc(-n2c3ccc(-c4ccncc4)cc3c3ncccc32)c1. The number of aromatic nitrogens is 6. The summed E-state index contributed by atoms with van der Waals surface area (Å²) in [6, 6.07) is 38.4. The number of fused-ring (bicyclic) bond motifs is 6. The van der Waals surface area contributed by atoms with E-state index in [1.165, 1.54) is 0 Å². The predicted molar refractivity (Wildman–Crippen MR) is 177 cm³/mol. The van der Waals surface area contributed by atoms with E-state index >= 15 is 0 Å². The molecule has 9 rings (SSSR count). The van der Waals surface area contributed by atoms with Gasteiger partial charge >= 0.3 is 0 Å². The highest BCUT2D eigenvalue weighted by Crippen LogP contribution is 2.37. The standard InChI is InChI=1S/C38H24N6/c1-4-29(43-33-10-8-27(25-12-18-39-19-13-25)22-31(33)37-35(43)6-2-16-41-37)24-30(5-1)44-34-11-9-28(26-14-20-40-21-15-26)23-32(34)38-36(44)7-3-17-42-38/h1-24H. The average molecular weight is 565 g/mol. The van der Waals surface area contributed by atoms with Crippen LogP contribution in [0.3, 0.4) is 0 Å². The minimum Gasteiger partial charge on any atom is -0.308 e. The molecule has 0 saturated heterocycles. The first kappa shape index (κ1) is 24.5. The summed E-state index contributed by atoms with van der Waals surface area (Å²) in [4.78, 5) is 18.0. The maximum Gasteiger partial charge on any atom is 0.0963 e. The van der Waals surface area contributed by atoms with Gasteiger partial charge in [0.25, 0.3) is 0 Å². The molecule has 6 heteroatoms. The molecule has 6 heterocycles. The molecule has 6 nitrogen and oxygen atoms in total. The van der Waals surface area contributed by atoms with E-state index in [9.17, 15) is 0 Å². The van der Waals surface area contributed by atoms with Crippen molar-refractivity contribution in [3.63, 3.8) is 0 Å². The third-order valence-corrected chi connectivity index (χ3v) is 8.41. The Morgan fingerprint density at radius 3 is 1.32 bits per heavy atom. The number of hydrogen-bond acceptors (Lipinski definition) is 4. The van der Waals surface area contributed by atoms with Gasteiger partial charge in [0.05, 0.1) is 33.1 Å². The number of benzene rings is 3. The monoisotopic (exact) mass is 564 g/mol. The average Bonchev–Trinajstić information content (AvgIpc) is 3.61. The lowest BCUT2D eigenvalue weighted by atomic mass is 10.0. The van der Waals surface area contributed by atoms with Crippen molar-refractivity contribution >= 4 is 43.9 Å². The topological polar surface area (TPSA) is 61.4 Å². The van der Waals surface area contributed by atoms with Crippen LogP contribution in [0.25, 0.3) is 77.5 Å². The molecule has 3 aromatic carbocycles. The molecule has 0 unspecified atom stereocenters. The lowest BCUT2D eigenvalue weighted by Crippen LogP contribution is -1.98. The van der Waals surface area contributed by atoms with Gasteiger partial charge in [-0.3, -0.25) is 19.9 Å². The molecular weight excluding hydrogens is 540 g/mol. The second-order valence-corrected chi connectivity index (χ2v) is 10.9. The normalized spacial score (nSPS) is 11.6. The smallest absolute Gasteiger partial charge is 0.0963 e. The summed E-state index contributed by atoms with van der Waals surface area (Å²) < 4.78 is 4.62.